The molecule has 0 atom stereocenters. The number of fused-ring (bicyclic) bond motifs is 1. The van der Waals surface area contributed by atoms with Crippen molar-refractivity contribution in [1.82, 2.24) is 4.98 Å². The quantitative estimate of drug-likeness (QED) is 0.361. The second-order valence-corrected chi connectivity index (χ2v) is 7.73. The van der Waals surface area contributed by atoms with Crippen LogP contribution in [0, 0.1) is 0 Å². The lowest BCUT2D eigenvalue weighted by atomic mass is 10.1. The van der Waals surface area contributed by atoms with Crippen LogP contribution >= 0.6 is 11.6 Å². The number of aromatic nitrogens is 1. The number of hydrogen-bond acceptors (Lipinski definition) is 6. The molecule has 0 saturated heterocycles. The summed E-state index contributed by atoms with van der Waals surface area (Å²) in [6.45, 7) is -0.266. The molecule has 0 aliphatic carbocycles. The van der Waals surface area contributed by atoms with Crippen LogP contribution in [0.1, 0.15) is 10.4 Å². The number of esters is 1. The fourth-order valence-electron chi connectivity index (χ4n) is 3.30. The molecule has 4 aromatic rings. The summed E-state index contributed by atoms with van der Waals surface area (Å²) in [6, 6.07) is 21.1. The van der Waals surface area contributed by atoms with Gasteiger partial charge in [0.15, 0.2) is 6.61 Å². The molecule has 1 aromatic heterocycles. The van der Waals surface area contributed by atoms with E-state index in [9.17, 15) is 9.59 Å². The summed E-state index contributed by atoms with van der Waals surface area (Å²) >= 11 is 6.01. The Labute approximate surface area is 201 Å². The van der Waals surface area contributed by atoms with E-state index in [0.29, 0.717) is 44.4 Å². The molecule has 1 heterocycles. The lowest BCUT2D eigenvalue weighted by Gasteiger charge is -2.13. The van der Waals surface area contributed by atoms with Crippen molar-refractivity contribution < 1.29 is 23.8 Å². The average molecular weight is 477 g/mol. The van der Waals surface area contributed by atoms with E-state index in [-0.39, 0.29) is 12.5 Å². The normalized spacial score (nSPS) is 10.6. The lowest BCUT2D eigenvalue weighted by molar-refractivity contribution is -0.142. The fourth-order valence-corrected chi connectivity index (χ4v) is 3.43. The van der Waals surface area contributed by atoms with Crippen molar-refractivity contribution in [3.05, 3.63) is 83.4 Å². The molecule has 34 heavy (non-hydrogen) atoms. The highest BCUT2D eigenvalue weighted by atomic mass is 35.5. The Morgan fingerprint density at radius 2 is 1.68 bits per heavy atom. The molecule has 0 saturated carbocycles. The number of carbonyl (C=O) groups is 2. The molecule has 0 bridgehead atoms. The number of methoxy groups -OCH3 is 2. The van der Waals surface area contributed by atoms with Crippen LogP contribution in [0.5, 0.6) is 11.5 Å². The van der Waals surface area contributed by atoms with Gasteiger partial charge in [0.25, 0.3) is 5.91 Å². The highest BCUT2D eigenvalue weighted by Gasteiger charge is 2.13. The number of pyridine rings is 1. The smallest absolute Gasteiger partial charge is 0.343 e. The molecular formula is C26H21ClN2O5. The van der Waals surface area contributed by atoms with Gasteiger partial charge in [-0.15, -0.1) is 0 Å². The number of carbonyl (C=O) groups excluding carboxylic acids is 2. The average Bonchev–Trinajstić information content (AvgIpc) is 2.87. The van der Waals surface area contributed by atoms with Gasteiger partial charge in [-0.1, -0.05) is 23.7 Å². The van der Waals surface area contributed by atoms with E-state index < -0.39 is 5.97 Å². The van der Waals surface area contributed by atoms with E-state index in [4.69, 9.17) is 30.8 Å². The summed E-state index contributed by atoms with van der Waals surface area (Å²) in [4.78, 5) is 29.1. The number of nitrogens with zero attached hydrogens (tertiary/aromatic N) is 1. The van der Waals surface area contributed by atoms with Crippen molar-refractivity contribution in [3.8, 4) is 22.8 Å². The Hall–Kier alpha value is -4.10. The van der Waals surface area contributed by atoms with Gasteiger partial charge in [-0.25, -0.2) is 9.78 Å². The van der Waals surface area contributed by atoms with Gasteiger partial charge in [-0.2, -0.15) is 0 Å². The van der Waals surface area contributed by atoms with Crippen LogP contribution in [-0.2, 0) is 9.53 Å². The monoisotopic (exact) mass is 476 g/mol. The Bertz CT molecular complexity index is 1340. The number of amides is 1. The molecule has 7 nitrogen and oxygen atoms in total. The van der Waals surface area contributed by atoms with Crippen LogP contribution in [0.2, 0.25) is 5.02 Å². The van der Waals surface area contributed by atoms with Gasteiger partial charge in [0.2, 0.25) is 0 Å². The summed E-state index contributed by atoms with van der Waals surface area (Å²) in [5.41, 5.74) is 3.16. The molecule has 1 N–H and O–H groups in total. The number of ether oxygens (including phenoxy) is 3. The largest absolute Gasteiger partial charge is 0.497 e. The molecule has 0 aliphatic heterocycles. The van der Waals surface area contributed by atoms with Crippen LogP contribution in [0.15, 0.2) is 72.8 Å². The number of hydrogen-bond donors (Lipinski definition) is 1. The highest BCUT2D eigenvalue weighted by molar-refractivity contribution is 6.30. The maximum absolute atomic E-state index is 12.7. The minimum Gasteiger partial charge on any atom is -0.497 e. The molecule has 8 heteroatoms. The summed E-state index contributed by atoms with van der Waals surface area (Å²) in [6.07, 6.45) is 0. The lowest BCUT2D eigenvalue weighted by Crippen LogP contribution is -2.13. The third-order valence-electron chi connectivity index (χ3n) is 5.09. The standard InChI is InChI=1S/C26H21ClN2O5/c1-32-20-10-5-17(6-11-20)26(31)28-19-9-12-22-21(13-19)24(34-15-25(30)33-2)14-23(29-22)16-3-7-18(27)8-4-16/h3-14H,15H2,1-2H3,(H,28,31). The Kier molecular flexibility index (Phi) is 6.94. The summed E-state index contributed by atoms with van der Waals surface area (Å²) < 4.78 is 15.6. The minimum atomic E-state index is -0.512. The number of anilines is 1. The van der Waals surface area contributed by atoms with Crippen molar-refractivity contribution in [2.24, 2.45) is 0 Å². The summed E-state index contributed by atoms with van der Waals surface area (Å²) in [5.74, 6) is 0.310. The Morgan fingerprint density at radius 3 is 2.35 bits per heavy atom. The minimum absolute atomic E-state index is 0.266. The van der Waals surface area contributed by atoms with Gasteiger partial charge in [0, 0.05) is 33.3 Å². The maximum atomic E-state index is 12.7. The first-order valence-corrected chi connectivity index (χ1v) is 10.7. The van der Waals surface area contributed by atoms with E-state index in [0.717, 1.165) is 5.56 Å². The third-order valence-corrected chi connectivity index (χ3v) is 5.35. The first-order chi connectivity index (χ1) is 16.5. The first-order valence-electron chi connectivity index (χ1n) is 10.3. The van der Waals surface area contributed by atoms with Crippen LogP contribution in [-0.4, -0.2) is 37.7 Å². The van der Waals surface area contributed by atoms with Gasteiger partial charge >= 0.3 is 5.97 Å². The van der Waals surface area contributed by atoms with Crippen molar-refractivity contribution in [3.63, 3.8) is 0 Å². The molecular weight excluding hydrogens is 456 g/mol. The molecule has 0 unspecified atom stereocenters. The number of benzene rings is 3. The molecule has 1 amide bonds. The van der Waals surface area contributed by atoms with E-state index in [1.165, 1.54) is 7.11 Å². The van der Waals surface area contributed by atoms with Crippen LogP contribution < -0.4 is 14.8 Å². The Morgan fingerprint density at radius 1 is 0.941 bits per heavy atom. The zero-order chi connectivity index (χ0) is 24.1. The molecule has 172 valence electrons. The fraction of sp³-hybridized carbons (Fsp3) is 0.115. The van der Waals surface area contributed by atoms with Gasteiger partial charge in [-0.3, -0.25) is 4.79 Å². The molecule has 0 aliphatic rings. The van der Waals surface area contributed by atoms with Crippen molar-refractivity contribution in [2.45, 2.75) is 0 Å². The summed E-state index contributed by atoms with van der Waals surface area (Å²) in [7, 11) is 2.86. The van der Waals surface area contributed by atoms with E-state index >= 15 is 0 Å². The van der Waals surface area contributed by atoms with Crippen LogP contribution in [0.25, 0.3) is 22.2 Å². The van der Waals surface area contributed by atoms with Gasteiger partial charge in [0.05, 0.1) is 25.4 Å². The SMILES string of the molecule is COC(=O)COc1cc(-c2ccc(Cl)cc2)nc2ccc(NC(=O)c3ccc(OC)cc3)cc12. The predicted molar refractivity (Wildman–Crippen MR) is 131 cm³/mol. The molecule has 3 aromatic carbocycles. The maximum Gasteiger partial charge on any atom is 0.343 e. The van der Waals surface area contributed by atoms with Gasteiger partial charge in [0.1, 0.15) is 11.5 Å². The van der Waals surface area contributed by atoms with Gasteiger partial charge < -0.3 is 19.5 Å². The molecule has 4 rings (SSSR count). The zero-order valence-corrected chi connectivity index (χ0v) is 19.3. The van der Waals surface area contributed by atoms with Crippen LogP contribution in [0.3, 0.4) is 0 Å². The third kappa shape index (κ3) is 5.27. The molecule has 0 spiro atoms. The highest BCUT2D eigenvalue weighted by Crippen LogP contribution is 2.32. The first kappa shape index (κ1) is 23.1. The number of rotatable bonds is 7. The van der Waals surface area contributed by atoms with Crippen molar-refractivity contribution in [1.29, 1.82) is 0 Å². The van der Waals surface area contributed by atoms with Crippen LogP contribution in [0.4, 0.5) is 5.69 Å². The summed E-state index contributed by atoms with van der Waals surface area (Å²) in [5, 5.41) is 4.12. The zero-order valence-electron chi connectivity index (χ0n) is 18.5. The molecule has 0 radical (unpaired) electrons. The van der Waals surface area contributed by atoms with Gasteiger partial charge in [-0.05, 0) is 54.6 Å². The molecule has 0 fully saturated rings. The van der Waals surface area contributed by atoms with Crippen molar-refractivity contribution >= 4 is 40.1 Å². The predicted octanol–water partition coefficient (Wildman–Crippen LogP) is 5.37. The number of halogens is 1. The second-order valence-electron chi connectivity index (χ2n) is 7.29. The van der Waals surface area contributed by atoms with E-state index in [2.05, 4.69) is 5.32 Å². The topological polar surface area (TPSA) is 86.8 Å². The van der Waals surface area contributed by atoms with E-state index in [1.807, 2.05) is 12.1 Å². The second kappa shape index (κ2) is 10.2. The Balaban J connectivity index is 1.68. The van der Waals surface area contributed by atoms with Crippen molar-refractivity contribution in [2.75, 3.05) is 26.1 Å². The number of nitrogens with one attached hydrogen (secondary N) is 1. The van der Waals surface area contributed by atoms with E-state index in [1.54, 1.807) is 67.8 Å².